The first-order valence-corrected chi connectivity index (χ1v) is 9.08. The van der Waals surface area contributed by atoms with Crippen LogP contribution in [0.1, 0.15) is 24.7 Å². The fourth-order valence-electron chi connectivity index (χ4n) is 3.41. The van der Waals surface area contributed by atoms with Gasteiger partial charge in [0.15, 0.2) is 5.65 Å². The topological polar surface area (TPSA) is 99.1 Å². The van der Waals surface area contributed by atoms with Crippen LogP contribution in [-0.2, 0) is 6.54 Å². The Morgan fingerprint density at radius 2 is 1.96 bits per heavy atom. The van der Waals surface area contributed by atoms with Crippen LogP contribution in [0.5, 0.6) is 11.5 Å². The highest BCUT2D eigenvalue weighted by atomic mass is 16.6. The average molecular weight is 379 g/mol. The van der Waals surface area contributed by atoms with Gasteiger partial charge in [0, 0.05) is 23.4 Å². The molecule has 0 aliphatic heterocycles. The lowest BCUT2D eigenvalue weighted by Gasteiger charge is -2.10. The third kappa shape index (κ3) is 2.87. The minimum absolute atomic E-state index is 0.131. The molecular formula is C20H21N5O3. The number of ether oxygens (including phenoxy) is 1. The number of methoxy groups -OCH3 is 1. The molecule has 0 saturated heterocycles. The Hall–Kier alpha value is -3.42. The minimum Gasteiger partial charge on any atom is -0.508 e. The van der Waals surface area contributed by atoms with Gasteiger partial charge in [-0.3, -0.25) is 4.68 Å². The third-order valence-electron chi connectivity index (χ3n) is 4.77. The van der Waals surface area contributed by atoms with Crippen molar-refractivity contribution in [1.29, 1.82) is 0 Å². The number of nitrogens with zero attached hydrogens (tertiary/aromatic N) is 5. The predicted molar refractivity (Wildman–Crippen MR) is 104 cm³/mol. The van der Waals surface area contributed by atoms with Crippen LogP contribution in [0.2, 0.25) is 0 Å². The first-order valence-electron chi connectivity index (χ1n) is 9.08. The predicted octanol–water partition coefficient (Wildman–Crippen LogP) is 3.89. The maximum atomic E-state index is 9.98. The molecule has 1 N–H and O–H groups in total. The Morgan fingerprint density at radius 3 is 2.64 bits per heavy atom. The molecule has 0 fully saturated rings. The van der Waals surface area contributed by atoms with E-state index in [1.807, 2.05) is 24.6 Å². The van der Waals surface area contributed by atoms with E-state index in [0.29, 0.717) is 34.0 Å². The van der Waals surface area contributed by atoms with Gasteiger partial charge in [0.05, 0.1) is 18.2 Å². The van der Waals surface area contributed by atoms with Gasteiger partial charge in [-0.25, -0.2) is 9.61 Å². The summed E-state index contributed by atoms with van der Waals surface area (Å²) in [6.45, 7) is 6.77. The zero-order valence-electron chi connectivity index (χ0n) is 16.2. The van der Waals surface area contributed by atoms with Crippen LogP contribution < -0.4 is 4.74 Å². The van der Waals surface area contributed by atoms with Gasteiger partial charge >= 0.3 is 0 Å². The summed E-state index contributed by atoms with van der Waals surface area (Å²) in [5.41, 5.74) is 5.07. The maximum Gasteiger partial charge on any atom is 0.182 e. The second-order valence-corrected chi connectivity index (χ2v) is 6.65. The average Bonchev–Trinajstić information content (AvgIpc) is 3.25. The Morgan fingerprint density at radius 1 is 1.14 bits per heavy atom. The standard InChI is InChI=1S/C20H21N5O3/c1-5-8-25-12(3)18-15(19-11(2)23-28-24-19)10-16(21-20(18)22-25)14-9-13(26)6-7-17(14)27-4/h6-7,9-10,26H,5,8H2,1-4H3. The summed E-state index contributed by atoms with van der Waals surface area (Å²) in [6.07, 6.45) is 0.960. The van der Waals surface area contributed by atoms with Gasteiger partial charge in [0.2, 0.25) is 0 Å². The van der Waals surface area contributed by atoms with E-state index < -0.39 is 0 Å². The van der Waals surface area contributed by atoms with Gasteiger partial charge in [-0.2, -0.15) is 5.10 Å². The lowest BCUT2D eigenvalue weighted by molar-refractivity contribution is 0.306. The normalized spacial score (nSPS) is 11.3. The molecule has 8 nitrogen and oxygen atoms in total. The number of phenolic OH excluding ortho intramolecular Hbond substituents is 1. The smallest absolute Gasteiger partial charge is 0.182 e. The van der Waals surface area contributed by atoms with Gasteiger partial charge < -0.3 is 9.84 Å². The van der Waals surface area contributed by atoms with Crippen molar-refractivity contribution < 1.29 is 14.5 Å². The van der Waals surface area contributed by atoms with Crippen LogP contribution in [0.25, 0.3) is 33.5 Å². The first kappa shape index (κ1) is 18.0. The number of aryl methyl sites for hydroxylation is 3. The molecule has 28 heavy (non-hydrogen) atoms. The maximum absolute atomic E-state index is 9.98. The molecule has 0 amide bonds. The fraction of sp³-hybridized carbons (Fsp3) is 0.300. The molecule has 0 aliphatic carbocycles. The molecule has 0 unspecified atom stereocenters. The SMILES string of the molecule is CCCn1nc2nc(-c3cc(O)ccc3OC)cc(-c3nonc3C)c2c1C. The van der Waals surface area contributed by atoms with Crippen molar-refractivity contribution in [2.75, 3.05) is 7.11 Å². The number of aromatic nitrogens is 5. The van der Waals surface area contributed by atoms with Gasteiger partial charge in [0.25, 0.3) is 0 Å². The van der Waals surface area contributed by atoms with Crippen LogP contribution in [0, 0.1) is 13.8 Å². The molecule has 0 aliphatic rings. The van der Waals surface area contributed by atoms with Gasteiger partial charge in [-0.05, 0) is 49.7 Å². The highest BCUT2D eigenvalue weighted by Crippen LogP contribution is 2.38. The van der Waals surface area contributed by atoms with Gasteiger partial charge in [-0.1, -0.05) is 12.1 Å². The summed E-state index contributed by atoms with van der Waals surface area (Å²) in [4.78, 5) is 4.76. The van der Waals surface area contributed by atoms with E-state index in [-0.39, 0.29) is 5.75 Å². The summed E-state index contributed by atoms with van der Waals surface area (Å²) in [7, 11) is 1.58. The highest BCUT2D eigenvalue weighted by molar-refractivity contribution is 5.96. The first-order chi connectivity index (χ1) is 13.5. The number of benzene rings is 1. The summed E-state index contributed by atoms with van der Waals surface area (Å²) < 4.78 is 12.4. The molecular weight excluding hydrogens is 358 g/mol. The molecule has 0 atom stereocenters. The van der Waals surface area contributed by atoms with E-state index in [1.165, 1.54) is 0 Å². The number of phenols is 1. The fourth-order valence-corrected chi connectivity index (χ4v) is 3.41. The van der Waals surface area contributed by atoms with Crippen molar-refractivity contribution in [3.8, 4) is 34.0 Å². The van der Waals surface area contributed by atoms with Crippen LogP contribution in [-0.4, -0.2) is 37.3 Å². The molecule has 8 heteroatoms. The van der Waals surface area contributed by atoms with Gasteiger partial charge in [0.1, 0.15) is 22.9 Å². The van der Waals surface area contributed by atoms with Gasteiger partial charge in [-0.15, -0.1) is 0 Å². The van der Waals surface area contributed by atoms with Crippen molar-refractivity contribution in [3.05, 3.63) is 35.7 Å². The Labute approximate surface area is 161 Å². The number of rotatable bonds is 5. The summed E-state index contributed by atoms with van der Waals surface area (Å²) in [5.74, 6) is 0.738. The van der Waals surface area contributed by atoms with Crippen LogP contribution >= 0.6 is 0 Å². The summed E-state index contributed by atoms with van der Waals surface area (Å²) in [5, 5.41) is 23.6. The Balaban J connectivity index is 2.05. The quantitative estimate of drug-likeness (QED) is 0.561. The van der Waals surface area contributed by atoms with Crippen molar-refractivity contribution >= 4 is 11.0 Å². The van der Waals surface area contributed by atoms with E-state index in [2.05, 4.69) is 22.3 Å². The zero-order valence-corrected chi connectivity index (χ0v) is 16.2. The van der Waals surface area contributed by atoms with Crippen molar-refractivity contribution in [3.63, 3.8) is 0 Å². The van der Waals surface area contributed by atoms with Crippen LogP contribution in [0.15, 0.2) is 28.9 Å². The zero-order chi connectivity index (χ0) is 19.8. The van der Waals surface area contributed by atoms with Crippen LogP contribution in [0.4, 0.5) is 0 Å². The molecule has 0 saturated carbocycles. The third-order valence-corrected chi connectivity index (χ3v) is 4.77. The minimum atomic E-state index is 0.131. The summed E-state index contributed by atoms with van der Waals surface area (Å²) in [6, 6.07) is 6.82. The second-order valence-electron chi connectivity index (χ2n) is 6.65. The molecule has 0 bridgehead atoms. The monoisotopic (exact) mass is 379 g/mol. The lowest BCUT2D eigenvalue weighted by Crippen LogP contribution is -2.00. The number of pyridine rings is 1. The Kier molecular flexibility index (Phi) is 4.46. The molecule has 4 rings (SSSR count). The highest BCUT2D eigenvalue weighted by Gasteiger charge is 2.21. The number of hydrogen-bond acceptors (Lipinski definition) is 7. The van der Waals surface area contributed by atoms with E-state index in [4.69, 9.17) is 14.3 Å². The molecule has 3 aromatic heterocycles. The van der Waals surface area contributed by atoms with Crippen molar-refractivity contribution in [2.45, 2.75) is 33.7 Å². The molecule has 4 aromatic rings. The van der Waals surface area contributed by atoms with Crippen LogP contribution in [0.3, 0.4) is 0 Å². The molecule has 0 radical (unpaired) electrons. The summed E-state index contributed by atoms with van der Waals surface area (Å²) >= 11 is 0. The largest absolute Gasteiger partial charge is 0.508 e. The molecule has 3 heterocycles. The van der Waals surface area contributed by atoms with E-state index in [0.717, 1.165) is 29.6 Å². The van der Waals surface area contributed by atoms with E-state index in [1.54, 1.807) is 25.3 Å². The second kappa shape index (κ2) is 6.95. The molecule has 0 spiro atoms. The Bertz CT molecular complexity index is 1160. The lowest BCUT2D eigenvalue weighted by atomic mass is 10.0. The van der Waals surface area contributed by atoms with Crippen molar-refractivity contribution in [1.82, 2.24) is 25.1 Å². The van der Waals surface area contributed by atoms with E-state index >= 15 is 0 Å². The molecule has 144 valence electrons. The number of fused-ring (bicyclic) bond motifs is 1. The number of hydrogen-bond donors (Lipinski definition) is 1. The van der Waals surface area contributed by atoms with E-state index in [9.17, 15) is 5.11 Å². The number of aromatic hydroxyl groups is 1. The van der Waals surface area contributed by atoms with Crippen molar-refractivity contribution in [2.24, 2.45) is 0 Å². The molecule has 1 aromatic carbocycles.